The Morgan fingerprint density at radius 2 is 2.39 bits per heavy atom. The van der Waals surface area contributed by atoms with Crippen LogP contribution in [0.5, 0.6) is 0 Å². The summed E-state index contributed by atoms with van der Waals surface area (Å²) in [7, 11) is -3.55. The second-order valence-corrected chi connectivity index (χ2v) is 8.23. The molecule has 2 heterocycles. The monoisotopic (exact) mass is 355 g/mol. The zero-order chi connectivity index (χ0) is 13.3. The van der Waals surface area contributed by atoms with Crippen molar-refractivity contribution in [3.8, 4) is 0 Å². The van der Waals surface area contributed by atoms with Crippen LogP contribution in [0.25, 0.3) is 0 Å². The van der Waals surface area contributed by atoms with Crippen LogP contribution < -0.4 is 0 Å². The first-order chi connectivity index (χ1) is 8.45. The molecule has 0 spiro atoms. The highest BCUT2D eigenvalue weighted by Crippen LogP contribution is 2.31. The molecule has 0 amide bonds. The number of hydrogen-bond donors (Lipinski definition) is 1. The number of sulfonamides is 1. The predicted molar refractivity (Wildman–Crippen MR) is 73.0 cm³/mol. The van der Waals surface area contributed by atoms with Gasteiger partial charge in [-0.25, -0.2) is 8.42 Å². The lowest BCUT2D eigenvalue weighted by molar-refractivity contribution is 0.245. The fourth-order valence-corrected chi connectivity index (χ4v) is 5.51. The number of halogens is 1. The summed E-state index contributed by atoms with van der Waals surface area (Å²) in [5.41, 5.74) is 0. The van der Waals surface area contributed by atoms with E-state index in [-0.39, 0.29) is 27.2 Å². The summed E-state index contributed by atoms with van der Waals surface area (Å²) < 4.78 is 31.6. The number of thioether (sulfide) groups is 1. The van der Waals surface area contributed by atoms with Gasteiger partial charge in [0.15, 0.2) is 4.67 Å². The van der Waals surface area contributed by atoms with E-state index in [4.69, 9.17) is 9.52 Å². The second kappa shape index (κ2) is 5.54. The normalized spacial score (nSPS) is 22.3. The standard InChI is InChI=1S/C10H14BrNO4S2/c1-7-5-12(2-3-17-7)18(14,15)9-4-8(6-13)16-10(9)11/h4,7,13H,2-3,5-6H2,1H3. The minimum atomic E-state index is -3.55. The molecule has 18 heavy (non-hydrogen) atoms. The molecule has 1 fully saturated rings. The van der Waals surface area contributed by atoms with E-state index >= 15 is 0 Å². The van der Waals surface area contributed by atoms with Crippen LogP contribution in [0.15, 0.2) is 20.0 Å². The Morgan fingerprint density at radius 3 is 2.94 bits per heavy atom. The predicted octanol–water partition coefficient (Wildman–Crippen LogP) is 1.66. The zero-order valence-corrected chi connectivity index (χ0v) is 13.0. The van der Waals surface area contributed by atoms with Crippen molar-refractivity contribution in [3.63, 3.8) is 0 Å². The number of aliphatic hydroxyl groups excluding tert-OH is 1. The van der Waals surface area contributed by atoms with Crippen LogP contribution in [0.1, 0.15) is 12.7 Å². The molecule has 1 unspecified atom stereocenters. The van der Waals surface area contributed by atoms with Gasteiger partial charge in [-0.05, 0) is 15.9 Å². The van der Waals surface area contributed by atoms with E-state index < -0.39 is 10.0 Å². The smallest absolute Gasteiger partial charge is 0.247 e. The fraction of sp³-hybridized carbons (Fsp3) is 0.600. The molecule has 1 saturated heterocycles. The second-order valence-electron chi connectivity index (χ2n) is 4.05. The van der Waals surface area contributed by atoms with E-state index in [1.807, 2.05) is 6.92 Å². The van der Waals surface area contributed by atoms with E-state index in [1.54, 1.807) is 11.8 Å². The minimum Gasteiger partial charge on any atom is -0.450 e. The van der Waals surface area contributed by atoms with Crippen molar-refractivity contribution in [2.45, 2.75) is 23.7 Å². The van der Waals surface area contributed by atoms with E-state index in [0.29, 0.717) is 13.1 Å². The van der Waals surface area contributed by atoms with Crippen molar-refractivity contribution in [2.24, 2.45) is 0 Å². The Kier molecular flexibility index (Phi) is 4.43. The summed E-state index contributed by atoms with van der Waals surface area (Å²) in [6.07, 6.45) is 0. The Balaban J connectivity index is 2.32. The summed E-state index contributed by atoms with van der Waals surface area (Å²) in [5, 5.41) is 9.26. The topological polar surface area (TPSA) is 70.8 Å². The van der Waals surface area contributed by atoms with Gasteiger partial charge in [0.1, 0.15) is 17.3 Å². The van der Waals surface area contributed by atoms with Crippen molar-refractivity contribution < 1.29 is 17.9 Å². The average Bonchev–Trinajstić information content (AvgIpc) is 2.71. The summed E-state index contributed by atoms with van der Waals surface area (Å²) >= 11 is 4.85. The zero-order valence-electron chi connectivity index (χ0n) is 9.80. The number of nitrogens with zero attached hydrogens (tertiary/aromatic N) is 1. The molecule has 0 aromatic carbocycles. The maximum Gasteiger partial charge on any atom is 0.247 e. The van der Waals surface area contributed by atoms with Crippen LogP contribution in [-0.4, -0.2) is 41.9 Å². The van der Waals surface area contributed by atoms with Crippen LogP contribution in [0, 0.1) is 0 Å². The minimum absolute atomic E-state index is 0.0886. The third-order valence-electron chi connectivity index (χ3n) is 2.68. The van der Waals surface area contributed by atoms with Gasteiger partial charge in [0.25, 0.3) is 0 Å². The van der Waals surface area contributed by atoms with Gasteiger partial charge in [0.2, 0.25) is 10.0 Å². The van der Waals surface area contributed by atoms with Gasteiger partial charge < -0.3 is 9.52 Å². The van der Waals surface area contributed by atoms with Crippen LogP contribution >= 0.6 is 27.7 Å². The first-order valence-electron chi connectivity index (χ1n) is 5.46. The van der Waals surface area contributed by atoms with Crippen molar-refractivity contribution in [1.82, 2.24) is 4.31 Å². The molecular formula is C10H14BrNO4S2. The van der Waals surface area contributed by atoms with Gasteiger partial charge in [0, 0.05) is 30.2 Å². The first-order valence-corrected chi connectivity index (χ1v) is 8.74. The van der Waals surface area contributed by atoms with E-state index in [1.165, 1.54) is 10.4 Å². The molecule has 1 aromatic heterocycles. The maximum atomic E-state index is 12.4. The van der Waals surface area contributed by atoms with Crippen molar-refractivity contribution >= 4 is 37.7 Å². The average molecular weight is 356 g/mol. The molecule has 102 valence electrons. The molecule has 0 bridgehead atoms. The van der Waals surface area contributed by atoms with E-state index in [9.17, 15) is 8.42 Å². The number of aliphatic hydroxyl groups is 1. The largest absolute Gasteiger partial charge is 0.450 e. The Hall–Kier alpha value is -0.0200. The van der Waals surface area contributed by atoms with Crippen LogP contribution in [0.2, 0.25) is 0 Å². The molecule has 2 rings (SSSR count). The van der Waals surface area contributed by atoms with Crippen molar-refractivity contribution in [3.05, 3.63) is 16.5 Å². The summed E-state index contributed by atoms with van der Waals surface area (Å²) in [6, 6.07) is 1.37. The Bertz CT molecular complexity index is 528. The van der Waals surface area contributed by atoms with Gasteiger partial charge in [-0.15, -0.1) is 0 Å². The molecular weight excluding hydrogens is 342 g/mol. The number of furan rings is 1. The Morgan fingerprint density at radius 1 is 1.67 bits per heavy atom. The molecule has 1 aliphatic rings. The molecule has 1 aromatic rings. The quantitative estimate of drug-likeness (QED) is 0.892. The maximum absolute atomic E-state index is 12.4. The summed E-state index contributed by atoms with van der Waals surface area (Å²) in [4.78, 5) is 0.0886. The molecule has 1 N–H and O–H groups in total. The first kappa shape index (κ1) is 14.4. The lowest BCUT2D eigenvalue weighted by Crippen LogP contribution is -2.40. The third-order valence-corrected chi connectivity index (χ3v) is 6.54. The molecule has 0 saturated carbocycles. The molecule has 1 atom stereocenters. The van der Waals surface area contributed by atoms with Gasteiger partial charge in [-0.2, -0.15) is 16.1 Å². The highest BCUT2D eigenvalue weighted by atomic mass is 79.9. The lowest BCUT2D eigenvalue weighted by Gasteiger charge is -2.29. The van der Waals surface area contributed by atoms with Crippen LogP contribution in [-0.2, 0) is 16.6 Å². The summed E-state index contributed by atoms with van der Waals surface area (Å²) in [6.45, 7) is 2.69. The SMILES string of the molecule is CC1CN(S(=O)(=O)c2cc(CO)oc2Br)CCS1. The highest BCUT2D eigenvalue weighted by Gasteiger charge is 2.32. The summed E-state index contributed by atoms with van der Waals surface area (Å²) in [5.74, 6) is 1.03. The van der Waals surface area contributed by atoms with E-state index in [2.05, 4.69) is 15.9 Å². The third kappa shape index (κ3) is 2.77. The van der Waals surface area contributed by atoms with Crippen LogP contribution in [0.4, 0.5) is 0 Å². The van der Waals surface area contributed by atoms with Gasteiger partial charge in [-0.1, -0.05) is 6.92 Å². The van der Waals surface area contributed by atoms with Crippen LogP contribution in [0.3, 0.4) is 0 Å². The van der Waals surface area contributed by atoms with E-state index in [0.717, 1.165) is 5.75 Å². The number of hydrogen-bond acceptors (Lipinski definition) is 5. The van der Waals surface area contributed by atoms with Gasteiger partial charge >= 0.3 is 0 Å². The van der Waals surface area contributed by atoms with Gasteiger partial charge in [-0.3, -0.25) is 0 Å². The Labute approximate surface area is 119 Å². The van der Waals surface area contributed by atoms with Gasteiger partial charge in [0.05, 0.1) is 0 Å². The lowest BCUT2D eigenvalue weighted by atomic mass is 10.4. The molecule has 0 radical (unpaired) electrons. The highest BCUT2D eigenvalue weighted by molar-refractivity contribution is 9.10. The van der Waals surface area contributed by atoms with Crippen molar-refractivity contribution in [1.29, 1.82) is 0 Å². The fourth-order valence-electron chi connectivity index (χ4n) is 1.80. The molecule has 8 heteroatoms. The molecule has 1 aliphatic heterocycles. The molecule has 5 nitrogen and oxygen atoms in total. The molecule has 0 aliphatic carbocycles. The number of rotatable bonds is 3. The van der Waals surface area contributed by atoms with Crippen molar-refractivity contribution in [2.75, 3.05) is 18.8 Å².